The zero-order valence-electron chi connectivity index (χ0n) is 13.8. The van der Waals surface area contributed by atoms with Crippen LogP contribution in [0, 0.1) is 5.41 Å². The molecule has 0 aliphatic carbocycles. The van der Waals surface area contributed by atoms with E-state index in [4.69, 9.17) is 9.26 Å². The Hall–Kier alpha value is -2.82. The highest BCUT2D eigenvalue weighted by atomic mass is 16.5. The van der Waals surface area contributed by atoms with Gasteiger partial charge in [0.1, 0.15) is 11.4 Å². The van der Waals surface area contributed by atoms with Crippen molar-refractivity contribution in [1.82, 2.24) is 10.1 Å². The molecule has 2 aliphatic heterocycles. The molecule has 0 unspecified atom stereocenters. The summed E-state index contributed by atoms with van der Waals surface area (Å²) < 4.78 is 11.2. The van der Waals surface area contributed by atoms with E-state index >= 15 is 0 Å². The number of fused-ring (bicyclic) bond motifs is 2. The average Bonchev–Trinajstić information content (AvgIpc) is 3.02. The van der Waals surface area contributed by atoms with Crippen LogP contribution in [0.25, 0.3) is 11.0 Å². The van der Waals surface area contributed by atoms with Crippen LogP contribution in [0.2, 0.25) is 0 Å². The first-order valence-corrected chi connectivity index (χ1v) is 8.54. The summed E-state index contributed by atoms with van der Waals surface area (Å²) in [6.45, 7) is 2.17. The second-order valence-electron chi connectivity index (χ2n) is 7.13. The Balaban J connectivity index is 1.27. The molecule has 1 amide bonds. The van der Waals surface area contributed by atoms with Crippen molar-refractivity contribution in [3.8, 4) is 5.75 Å². The summed E-state index contributed by atoms with van der Waals surface area (Å²) in [5.41, 5.74) is 2.74. The van der Waals surface area contributed by atoms with Gasteiger partial charge in [-0.1, -0.05) is 35.5 Å². The molecule has 3 heterocycles. The van der Waals surface area contributed by atoms with E-state index in [-0.39, 0.29) is 17.7 Å². The molecule has 0 bridgehead atoms. The number of para-hydroxylation sites is 2. The first-order valence-electron chi connectivity index (χ1n) is 8.54. The topological polar surface area (TPSA) is 55.6 Å². The summed E-state index contributed by atoms with van der Waals surface area (Å²) >= 11 is 0. The number of rotatable bonds is 2. The van der Waals surface area contributed by atoms with Crippen molar-refractivity contribution in [3.63, 3.8) is 0 Å². The number of amides is 1. The number of ether oxygens (including phenoxy) is 1. The minimum Gasteiger partial charge on any atom is -0.493 e. The van der Waals surface area contributed by atoms with Crippen LogP contribution in [-0.2, 0) is 17.6 Å². The van der Waals surface area contributed by atoms with Gasteiger partial charge in [-0.2, -0.15) is 0 Å². The lowest BCUT2D eigenvalue weighted by Gasteiger charge is -2.51. The van der Waals surface area contributed by atoms with Gasteiger partial charge in [0.25, 0.3) is 0 Å². The fourth-order valence-corrected chi connectivity index (χ4v) is 3.94. The lowest BCUT2D eigenvalue weighted by Crippen LogP contribution is -2.63. The van der Waals surface area contributed by atoms with Crippen LogP contribution in [0.1, 0.15) is 11.3 Å². The molecule has 0 radical (unpaired) electrons. The Morgan fingerprint density at radius 1 is 1.12 bits per heavy atom. The van der Waals surface area contributed by atoms with Gasteiger partial charge in [-0.05, 0) is 30.2 Å². The smallest absolute Gasteiger partial charge is 0.228 e. The third-order valence-electron chi connectivity index (χ3n) is 5.25. The predicted molar refractivity (Wildman–Crippen MR) is 92.4 cm³/mol. The monoisotopic (exact) mass is 334 g/mol. The quantitative estimate of drug-likeness (QED) is 0.723. The molecule has 1 aromatic heterocycles. The zero-order chi connectivity index (χ0) is 16.9. The minimum atomic E-state index is 0.0654. The maximum atomic E-state index is 12.6. The lowest BCUT2D eigenvalue weighted by atomic mass is 9.74. The number of hydrogen-bond donors (Lipinski definition) is 0. The van der Waals surface area contributed by atoms with Crippen molar-refractivity contribution in [2.75, 3.05) is 19.7 Å². The first kappa shape index (κ1) is 14.5. The van der Waals surface area contributed by atoms with Gasteiger partial charge in [-0.25, -0.2) is 0 Å². The van der Waals surface area contributed by atoms with E-state index in [0.717, 1.165) is 36.2 Å². The summed E-state index contributed by atoms with van der Waals surface area (Å²) in [7, 11) is 0. The van der Waals surface area contributed by atoms with E-state index in [9.17, 15) is 4.79 Å². The van der Waals surface area contributed by atoms with E-state index in [0.29, 0.717) is 12.3 Å². The molecule has 5 heteroatoms. The van der Waals surface area contributed by atoms with E-state index in [1.54, 1.807) is 0 Å². The van der Waals surface area contributed by atoms with Crippen LogP contribution in [0.4, 0.5) is 0 Å². The number of benzene rings is 2. The van der Waals surface area contributed by atoms with Crippen molar-refractivity contribution in [2.45, 2.75) is 12.8 Å². The third-order valence-corrected chi connectivity index (χ3v) is 5.25. The van der Waals surface area contributed by atoms with Gasteiger partial charge in [-0.3, -0.25) is 4.79 Å². The molecular weight excluding hydrogens is 316 g/mol. The molecule has 0 atom stereocenters. The Morgan fingerprint density at radius 2 is 1.92 bits per heavy atom. The molecular formula is C20H18N2O3. The van der Waals surface area contributed by atoms with Crippen molar-refractivity contribution in [1.29, 1.82) is 0 Å². The summed E-state index contributed by atoms with van der Waals surface area (Å²) in [4.78, 5) is 14.5. The Labute approximate surface area is 145 Å². The second kappa shape index (κ2) is 5.34. The number of carbonyl (C=O) groups is 1. The SMILES string of the molecule is O=C(Cc1noc2ccccc12)N1CC2(COc3ccccc3C2)C1. The summed E-state index contributed by atoms with van der Waals surface area (Å²) in [5.74, 6) is 1.08. The van der Waals surface area contributed by atoms with Gasteiger partial charge < -0.3 is 14.2 Å². The largest absolute Gasteiger partial charge is 0.493 e. The van der Waals surface area contributed by atoms with Crippen molar-refractivity contribution < 1.29 is 14.1 Å². The van der Waals surface area contributed by atoms with E-state index in [2.05, 4.69) is 11.2 Å². The van der Waals surface area contributed by atoms with Gasteiger partial charge in [0.05, 0.1) is 13.0 Å². The van der Waals surface area contributed by atoms with Gasteiger partial charge in [0.2, 0.25) is 5.91 Å². The molecule has 5 nitrogen and oxygen atoms in total. The molecule has 25 heavy (non-hydrogen) atoms. The van der Waals surface area contributed by atoms with E-state index < -0.39 is 0 Å². The van der Waals surface area contributed by atoms with Gasteiger partial charge >= 0.3 is 0 Å². The van der Waals surface area contributed by atoms with E-state index in [1.165, 1.54) is 5.56 Å². The van der Waals surface area contributed by atoms with Crippen molar-refractivity contribution in [2.24, 2.45) is 5.41 Å². The maximum Gasteiger partial charge on any atom is 0.228 e. The number of nitrogens with zero attached hydrogens (tertiary/aromatic N) is 2. The van der Waals surface area contributed by atoms with Crippen LogP contribution in [0.5, 0.6) is 5.75 Å². The number of hydrogen-bond acceptors (Lipinski definition) is 4. The van der Waals surface area contributed by atoms with Crippen molar-refractivity contribution >= 4 is 16.9 Å². The number of likely N-dealkylation sites (tertiary alicyclic amines) is 1. The molecule has 0 N–H and O–H groups in total. The molecule has 2 aromatic carbocycles. The molecule has 5 rings (SSSR count). The first-order chi connectivity index (χ1) is 12.2. The molecule has 1 saturated heterocycles. The third kappa shape index (κ3) is 2.38. The molecule has 3 aromatic rings. The summed E-state index contributed by atoms with van der Waals surface area (Å²) in [6, 6.07) is 15.8. The minimum absolute atomic E-state index is 0.0654. The number of carbonyl (C=O) groups excluding carboxylic acids is 1. The van der Waals surface area contributed by atoms with Crippen LogP contribution < -0.4 is 4.74 Å². The van der Waals surface area contributed by atoms with Gasteiger partial charge in [0, 0.05) is 23.9 Å². The second-order valence-corrected chi connectivity index (χ2v) is 7.13. The Morgan fingerprint density at radius 3 is 2.84 bits per heavy atom. The molecule has 126 valence electrons. The number of aromatic nitrogens is 1. The fraction of sp³-hybridized carbons (Fsp3) is 0.300. The molecule has 0 saturated carbocycles. The molecule has 1 spiro atoms. The maximum absolute atomic E-state index is 12.6. The van der Waals surface area contributed by atoms with Crippen LogP contribution in [0.15, 0.2) is 53.1 Å². The highest BCUT2D eigenvalue weighted by Crippen LogP contribution is 2.41. The van der Waals surface area contributed by atoms with Crippen LogP contribution in [0.3, 0.4) is 0 Å². The summed E-state index contributed by atoms with van der Waals surface area (Å²) in [6.07, 6.45) is 1.25. The molecule has 2 aliphatic rings. The summed E-state index contributed by atoms with van der Waals surface area (Å²) in [5, 5.41) is 4.98. The van der Waals surface area contributed by atoms with Gasteiger partial charge in [-0.15, -0.1) is 0 Å². The zero-order valence-corrected chi connectivity index (χ0v) is 13.8. The van der Waals surface area contributed by atoms with Gasteiger partial charge in [0.15, 0.2) is 5.58 Å². The Kier molecular flexibility index (Phi) is 3.10. The highest BCUT2D eigenvalue weighted by molar-refractivity contribution is 5.86. The average molecular weight is 334 g/mol. The van der Waals surface area contributed by atoms with E-state index in [1.807, 2.05) is 47.4 Å². The molecule has 1 fully saturated rings. The van der Waals surface area contributed by atoms with Crippen LogP contribution >= 0.6 is 0 Å². The fourth-order valence-electron chi connectivity index (χ4n) is 3.94. The Bertz CT molecular complexity index is 956. The normalized spacial score (nSPS) is 17.8. The van der Waals surface area contributed by atoms with Crippen molar-refractivity contribution in [3.05, 3.63) is 59.8 Å². The highest BCUT2D eigenvalue weighted by Gasteiger charge is 2.48. The van der Waals surface area contributed by atoms with Crippen LogP contribution in [-0.4, -0.2) is 35.7 Å². The standard InChI is InChI=1S/C20H18N2O3/c23-19(9-16-15-6-2-4-8-18(15)25-21-16)22-11-20(12-22)10-14-5-1-3-7-17(14)24-13-20/h1-8H,9-13H2. The predicted octanol–water partition coefficient (Wildman–Crippen LogP) is 2.83. The lowest BCUT2D eigenvalue weighted by molar-refractivity contribution is -0.145.